The highest BCUT2D eigenvalue weighted by molar-refractivity contribution is 5.78. The minimum absolute atomic E-state index is 0.0375. The zero-order valence-electron chi connectivity index (χ0n) is 11.7. The van der Waals surface area contributed by atoms with Gasteiger partial charge in [0.05, 0.1) is 12.2 Å². The molecule has 0 saturated heterocycles. The molecule has 1 aromatic heterocycles. The van der Waals surface area contributed by atoms with Crippen LogP contribution in [0.2, 0.25) is 0 Å². The fourth-order valence-electron chi connectivity index (χ4n) is 1.83. The number of hydrogen-bond acceptors (Lipinski definition) is 4. The van der Waals surface area contributed by atoms with E-state index in [2.05, 4.69) is 29.6 Å². The van der Waals surface area contributed by atoms with Gasteiger partial charge in [-0.25, -0.2) is 0 Å². The van der Waals surface area contributed by atoms with Crippen LogP contribution in [-0.2, 0) is 11.3 Å². The van der Waals surface area contributed by atoms with E-state index in [1.54, 1.807) is 0 Å². The lowest BCUT2D eigenvalue weighted by Gasteiger charge is -2.14. The van der Waals surface area contributed by atoms with Gasteiger partial charge in [0, 0.05) is 18.2 Å². The number of rotatable bonds is 7. The Balaban J connectivity index is 2.32. The van der Waals surface area contributed by atoms with Gasteiger partial charge in [0.2, 0.25) is 5.91 Å². The Morgan fingerprint density at radius 3 is 2.50 bits per heavy atom. The zero-order chi connectivity index (χ0) is 13.5. The number of aromatic nitrogens is 1. The van der Waals surface area contributed by atoms with E-state index in [1.165, 1.54) is 0 Å². The quantitative estimate of drug-likeness (QED) is 0.776. The normalized spacial score (nSPS) is 10.9. The molecule has 0 saturated carbocycles. The summed E-state index contributed by atoms with van der Waals surface area (Å²) in [5.41, 5.74) is 1.91. The highest BCUT2D eigenvalue weighted by atomic mass is 16.5. The molecule has 1 rings (SSSR count). The standard InChI is InChI=1S/C13H23N3O2/c1-5-11(6-2)15-13(17)8-14-7-12-9(3)16-18-10(12)4/h11,14H,5-8H2,1-4H3,(H,15,17). The van der Waals surface area contributed by atoms with Crippen molar-refractivity contribution in [3.63, 3.8) is 0 Å². The average Bonchev–Trinajstić information content (AvgIpc) is 2.67. The number of amides is 1. The van der Waals surface area contributed by atoms with Crippen molar-refractivity contribution in [2.45, 2.75) is 53.1 Å². The molecule has 1 heterocycles. The van der Waals surface area contributed by atoms with Crippen LogP contribution in [0.1, 0.15) is 43.7 Å². The van der Waals surface area contributed by atoms with E-state index in [1.807, 2.05) is 13.8 Å². The second kappa shape index (κ2) is 7.16. The lowest BCUT2D eigenvalue weighted by atomic mass is 10.2. The number of nitrogens with zero attached hydrogens (tertiary/aromatic N) is 1. The summed E-state index contributed by atoms with van der Waals surface area (Å²) in [7, 11) is 0. The smallest absolute Gasteiger partial charge is 0.234 e. The highest BCUT2D eigenvalue weighted by Gasteiger charge is 2.10. The fraction of sp³-hybridized carbons (Fsp3) is 0.692. The van der Waals surface area contributed by atoms with Crippen molar-refractivity contribution in [1.82, 2.24) is 15.8 Å². The molecule has 0 radical (unpaired) electrons. The minimum Gasteiger partial charge on any atom is -0.361 e. The predicted molar refractivity (Wildman–Crippen MR) is 70.2 cm³/mol. The van der Waals surface area contributed by atoms with E-state index in [4.69, 9.17) is 4.52 Å². The lowest BCUT2D eigenvalue weighted by Crippen LogP contribution is -2.39. The summed E-state index contributed by atoms with van der Waals surface area (Å²) in [6.45, 7) is 8.86. The number of nitrogens with one attached hydrogen (secondary N) is 2. The maximum atomic E-state index is 11.7. The summed E-state index contributed by atoms with van der Waals surface area (Å²) < 4.78 is 5.06. The molecule has 1 amide bonds. The van der Waals surface area contributed by atoms with E-state index in [9.17, 15) is 4.79 Å². The summed E-state index contributed by atoms with van der Waals surface area (Å²) in [5.74, 6) is 0.843. The average molecular weight is 253 g/mol. The molecule has 0 spiro atoms. The molecule has 102 valence electrons. The molecule has 0 fully saturated rings. The van der Waals surface area contributed by atoms with Gasteiger partial charge in [-0.3, -0.25) is 4.79 Å². The summed E-state index contributed by atoms with van der Waals surface area (Å²) >= 11 is 0. The molecule has 0 aliphatic carbocycles. The number of carbonyl (C=O) groups excluding carboxylic acids is 1. The van der Waals surface area contributed by atoms with Crippen molar-refractivity contribution in [1.29, 1.82) is 0 Å². The molecular weight excluding hydrogens is 230 g/mol. The molecule has 0 aromatic carbocycles. The van der Waals surface area contributed by atoms with E-state index in [0.29, 0.717) is 13.1 Å². The highest BCUT2D eigenvalue weighted by Crippen LogP contribution is 2.11. The summed E-state index contributed by atoms with van der Waals surface area (Å²) in [4.78, 5) is 11.7. The molecule has 1 aromatic rings. The van der Waals surface area contributed by atoms with Gasteiger partial charge < -0.3 is 15.2 Å². The van der Waals surface area contributed by atoms with Gasteiger partial charge in [-0.15, -0.1) is 0 Å². The van der Waals surface area contributed by atoms with Crippen LogP contribution in [0, 0.1) is 13.8 Å². The van der Waals surface area contributed by atoms with Gasteiger partial charge >= 0.3 is 0 Å². The monoisotopic (exact) mass is 253 g/mol. The second-order valence-electron chi connectivity index (χ2n) is 4.49. The van der Waals surface area contributed by atoms with Gasteiger partial charge in [0.15, 0.2) is 0 Å². The number of carbonyl (C=O) groups is 1. The molecule has 5 nitrogen and oxygen atoms in total. The van der Waals surface area contributed by atoms with Crippen molar-refractivity contribution < 1.29 is 9.32 Å². The first-order chi connectivity index (χ1) is 8.58. The molecule has 0 unspecified atom stereocenters. The van der Waals surface area contributed by atoms with Crippen LogP contribution in [0.25, 0.3) is 0 Å². The van der Waals surface area contributed by atoms with Crippen LogP contribution in [0.3, 0.4) is 0 Å². The van der Waals surface area contributed by atoms with Gasteiger partial charge in [-0.05, 0) is 26.7 Å². The molecule has 0 bridgehead atoms. The molecule has 5 heteroatoms. The zero-order valence-corrected chi connectivity index (χ0v) is 11.7. The maximum Gasteiger partial charge on any atom is 0.234 e. The first-order valence-corrected chi connectivity index (χ1v) is 6.50. The van der Waals surface area contributed by atoms with Crippen LogP contribution in [0.15, 0.2) is 4.52 Å². The largest absolute Gasteiger partial charge is 0.361 e. The van der Waals surface area contributed by atoms with Gasteiger partial charge in [0.25, 0.3) is 0 Å². The van der Waals surface area contributed by atoms with Crippen molar-refractivity contribution in [2.24, 2.45) is 0 Å². The number of aryl methyl sites for hydroxylation is 2. The minimum atomic E-state index is 0.0375. The molecule has 18 heavy (non-hydrogen) atoms. The van der Waals surface area contributed by atoms with Crippen molar-refractivity contribution >= 4 is 5.91 Å². The van der Waals surface area contributed by atoms with Crippen molar-refractivity contribution in [3.8, 4) is 0 Å². The molecule has 2 N–H and O–H groups in total. The van der Waals surface area contributed by atoms with E-state index in [-0.39, 0.29) is 11.9 Å². The van der Waals surface area contributed by atoms with Crippen LogP contribution >= 0.6 is 0 Å². The first-order valence-electron chi connectivity index (χ1n) is 6.50. The molecular formula is C13H23N3O2. The molecule has 0 aliphatic heterocycles. The topological polar surface area (TPSA) is 67.2 Å². The Morgan fingerprint density at radius 1 is 1.33 bits per heavy atom. The lowest BCUT2D eigenvalue weighted by molar-refractivity contribution is -0.121. The van der Waals surface area contributed by atoms with Gasteiger partial charge in [-0.1, -0.05) is 19.0 Å². The number of hydrogen-bond donors (Lipinski definition) is 2. The van der Waals surface area contributed by atoms with Crippen molar-refractivity contribution in [3.05, 3.63) is 17.0 Å². The van der Waals surface area contributed by atoms with Crippen molar-refractivity contribution in [2.75, 3.05) is 6.54 Å². The summed E-state index contributed by atoms with van der Waals surface area (Å²) in [6.07, 6.45) is 1.93. The third-order valence-corrected chi connectivity index (χ3v) is 3.12. The fourth-order valence-corrected chi connectivity index (χ4v) is 1.83. The third-order valence-electron chi connectivity index (χ3n) is 3.12. The molecule has 0 atom stereocenters. The molecule has 0 aliphatic rings. The Hall–Kier alpha value is -1.36. The van der Waals surface area contributed by atoms with Gasteiger partial charge in [0.1, 0.15) is 5.76 Å². The maximum absolute atomic E-state index is 11.7. The van der Waals surface area contributed by atoms with Crippen LogP contribution < -0.4 is 10.6 Å². The van der Waals surface area contributed by atoms with Crippen LogP contribution in [0.5, 0.6) is 0 Å². The second-order valence-corrected chi connectivity index (χ2v) is 4.49. The van der Waals surface area contributed by atoms with Crippen LogP contribution in [0.4, 0.5) is 0 Å². The Kier molecular flexibility index (Phi) is 5.85. The van der Waals surface area contributed by atoms with E-state index >= 15 is 0 Å². The van der Waals surface area contributed by atoms with Crippen LogP contribution in [-0.4, -0.2) is 23.7 Å². The Bertz CT molecular complexity index is 364. The first kappa shape index (κ1) is 14.7. The SMILES string of the molecule is CCC(CC)NC(=O)CNCc1c(C)noc1C. The predicted octanol–water partition coefficient (Wildman–Crippen LogP) is 1.69. The summed E-state index contributed by atoms with van der Waals surface area (Å²) in [6, 6.07) is 0.276. The van der Waals surface area contributed by atoms with E-state index in [0.717, 1.165) is 29.9 Å². The summed E-state index contributed by atoms with van der Waals surface area (Å²) in [5, 5.41) is 9.97. The van der Waals surface area contributed by atoms with E-state index < -0.39 is 0 Å². The van der Waals surface area contributed by atoms with Gasteiger partial charge in [-0.2, -0.15) is 0 Å². The third kappa shape index (κ3) is 4.14. The Morgan fingerprint density at radius 2 is 2.00 bits per heavy atom. The Labute approximate surface area is 108 Å².